The Bertz CT molecular complexity index is 1180. The van der Waals surface area contributed by atoms with Gasteiger partial charge in [0, 0.05) is 18.6 Å². The molecule has 0 unspecified atom stereocenters. The van der Waals surface area contributed by atoms with Crippen LogP contribution >= 0.6 is 11.6 Å². The smallest absolute Gasteiger partial charge is 0.264 e. The van der Waals surface area contributed by atoms with E-state index in [1.165, 1.54) is 17.0 Å². The van der Waals surface area contributed by atoms with Gasteiger partial charge >= 0.3 is 0 Å². The molecule has 0 radical (unpaired) electrons. The third kappa shape index (κ3) is 5.41. The molecule has 0 bridgehead atoms. The number of rotatable bonds is 8. The lowest BCUT2D eigenvalue weighted by atomic mass is 10.2. The number of sulfonamides is 1. The molecule has 0 atom stereocenters. The van der Waals surface area contributed by atoms with Gasteiger partial charge in [-0.1, -0.05) is 48.0 Å². The van der Waals surface area contributed by atoms with Crippen LogP contribution in [0, 0.1) is 6.92 Å². The average molecular weight is 473 g/mol. The summed E-state index contributed by atoms with van der Waals surface area (Å²) in [5.74, 6) is 0.374. The number of ether oxygens (including phenoxy) is 1. The maximum absolute atomic E-state index is 13.5. The predicted molar refractivity (Wildman–Crippen MR) is 127 cm³/mol. The zero-order chi connectivity index (χ0) is 23.3. The van der Waals surface area contributed by atoms with E-state index in [0.717, 1.165) is 15.6 Å². The molecular formula is C24H25ClN2O4S. The molecule has 0 N–H and O–H groups in total. The highest BCUT2D eigenvalue weighted by molar-refractivity contribution is 7.92. The van der Waals surface area contributed by atoms with Crippen molar-refractivity contribution in [2.45, 2.75) is 18.4 Å². The second kappa shape index (κ2) is 10.1. The lowest BCUT2D eigenvalue weighted by Gasteiger charge is -2.28. The van der Waals surface area contributed by atoms with Gasteiger partial charge in [-0.05, 0) is 54.4 Å². The minimum Gasteiger partial charge on any atom is -0.497 e. The zero-order valence-corrected chi connectivity index (χ0v) is 19.7. The first-order valence-electron chi connectivity index (χ1n) is 9.93. The van der Waals surface area contributed by atoms with Crippen LogP contribution < -0.4 is 9.04 Å². The Morgan fingerprint density at radius 2 is 1.66 bits per heavy atom. The van der Waals surface area contributed by atoms with Gasteiger partial charge in [0.1, 0.15) is 12.3 Å². The van der Waals surface area contributed by atoms with Crippen LogP contribution in [0.25, 0.3) is 0 Å². The number of nitrogens with zero attached hydrogens (tertiary/aromatic N) is 2. The lowest BCUT2D eigenvalue weighted by Crippen LogP contribution is -2.41. The van der Waals surface area contributed by atoms with Crippen molar-refractivity contribution in [3.8, 4) is 5.75 Å². The number of likely N-dealkylation sites (N-methyl/N-ethyl adjacent to an activating group) is 1. The predicted octanol–water partition coefficient (Wildman–Crippen LogP) is 4.51. The summed E-state index contributed by atoms with van der Waals surface area (Å²) in [4.78, 5) is 14.7. The van der Waals surface area contributed by atoms with Crippen LogP contribution in [0.2, 0.25) is 5.02 Å². The van der Waals surface area contributed by atoms with Gasteiger partial charge < -0.3 is 9.64 Å². The molecule has 3 aromatic rings. The second-order valence-electron chi connectivity index (χ2n) is 7.35. The fourth-order valence-electron chi connectivity index (χ4n) is 3.21. The van der Waals surface area contributed by atoms with Gasteiger partial charge in [0.2, 0.25) is 5.91 Å². The molecule has 168 valence electrons. The Balaban J connectivity index is 1.91. The molecule has 1 amide bonds. The summed E-state index contributed by atoms with van der Waals surface area (Å²) >= 11 is 6.16. The summed E-state index contributed by atoms with van der Waals surface area (Å²) in [6.45, 7) is 1.76. The number of halogens is 1. The third-order valence-corrected chi connectivity index (χ3v) is 7.06. The number of carbonyl (C=O) groups is 1. The normalized spacial score (nSPS) is 11.1. The number of hydrogen-bond acceptors (Lipinski definition) is 4. The highest BCUT2D eigenvalue weighted by Crippen LogP contribution is 2.29. The second-order valence-corrected chi connectivity index (χ2v) is 9.65. The fraction of sp³-hybridized carbons (Fsp3) is 0.208. The molecule has 0 heterocycles. The molecule has 3 rings (SSSR count). The standard InChI is InChI=1S/C24H25ClN2O4S/c1-18-9-12-20(25)15-23(18)27(32(29,30)22-7-5-4-6-8-22)17-24(28)26(2)16-19-10-13-21(31-3)14-11-19/h4-15H,16-17H2,1-3H3. The van der Waals surface area contributed by atoms with Crippen LogP contribution in [0.4, 0.5) is 5.69 Å². The molecule has 0 aliphatic heterocycles. The summed E-state index contributed by atoms with van der Waals surface area (Å²) < 4.78 is 33.2. The molecule has 8 heteroatoms. The van der Waals surface area contributed by atoms with Crippen LogP contribution in [0.15, 0.2) is 77.7 Å². The van der Waals surface area contributed by atoms with Gasteiger partial charge in [-0.25, -0.2) is 8.42 Å². The molecule has 0 spiro atoms. The maximum atomic E-state index is 13.5. The molecule has 0 saturated heterocycles. The summed E-state index contributed by atoms with van der Waals surface area (Å²) in [5.41, 5.74) is 1.96. The van der Waals surface area contributed by atoms with Crippen molar-refractivity contribution >= 4 is 33.2 Å². The van der Waals surface area contributed by atoms with Gasteiger partial charge in [-0.2, -0.15) is 0 Å². The highest BCUT2D eigenvalue weighted by Gasteiger charge is 2.29. The van der Waals surface area contributed by atoms with E-state index in [2.05, 4.69) is 0 Å². The first kappa shape index (κ1) is 23.6. The summed E-state index contributed by atoms with van der Waals surface area (Å²) in [5, 5.41) is 0.387. The van der Waals surface area contributed by atoms with E-state index in [1.54, 1.807) is 57.5 Å². The Labute approximate surface area is 194 Å². The Hall–Kier alpha value is -3.03. The average Bonchev–Trinajstić information content (AvgIpc) is 2.80. The van der Waals surface area contributed by atoms with Crippen molar-refractivity contribution in [3.63, 3.8) is 0 Å². The SMILES string of the molecule is COc1ccc(CN(C)C(=O)CN(c2cc(Cl)ccc2C)S(=O)(=O)c2ccccc2)cc1. The van der Waals surface area contributed by atoms with Crippen molar-refractivity contribution < 1.29 is 17.9 Å². The Morgan fingerprint density at radius 1 is 1.00 bits per heavy atom. The van der Waals surface area contributed by atoms with Gasteiger partial charge in [-0.3, -0.25) is 9.10 Å². The lowest BCUT2D eigenvalue weighted by molar-refractivity contribution is -0.128. The maximum Gasteiger partial charge on any atom is 0.264 e. The number of carbonyl (C=O) groups excluding carboxylic acids is 1. The first-order valence-corrected chi connectivity index (χ1v) is 11.7. The number of hydrogen-bond donors (Lipinski definition) is 0. The monoisotopic (exact) mass is 472 g/mol. The third-order valence-electron chi connectivity index (χ3n) is 5.05. The van der Waals surface area contributed by atoms with E-state index < -0.39 is 10.0 Å². The summed E-state index contributed by atoms with van der Waals surface area (Å²) in [6, 6.07) is 20.4. The first-order chi connectivity index (χ1) is 15.2. The van der Waals surface area contributed by atoms with E-state index in [-0.39, 0.29) is 17.3 Å². The van der Waals surface area contributed by atoms with E-state index in [1.807, 2.05) is 24.3 Å². The topological polar surface area (TPSA) is 66.9 Å². The van der Waals surface area contributed by atoms with Crippen molar-refractivity contribution in [3.05, 3.63) is 88.9 Å². The van der Waals surface area contributed by atoms with E-state index >= 15 is 0 Å². The molecule has 3 aromatic carbocycles. The van der Waals surface area contributed by atoms with Crippen LogP contribution in [0.1, 0.15) is 11.1 Å². The number of anilines is 1. The van der Waals surface area contributed by atoms with Gasteiger partial charge in [0.15, 0.2) is 0 Å². The molecule has 0 aliphatic carbocycles. The van der Waals surface area contributed by atoms with E-state index in [9.17, 15) is 13.2 Å². The summed E-state index contributed by atoms with van der Waals surface area (Å²) in [6.07, 6.45) is 0. The summed E-state index contributed by atoms with van der Waals surface area (Å²) in [7, 11) is -0.762. The van der Waals surface area contributed by atoms with Crippen LogP contribution in [0.3, 0.4) is 0 Å². The van der Waals surface area contributed by atoms with E-state index in [0.29, 0.717) is 22.8 Å². The molecule has 0 aliphatic rings. The molecular weight excluding hydrogens is 448 g/mol. The number of amides is 1. The highest BCUT2D eigenvalue weighted by atomic mass is 35.5. The Kier molecular flexibility index (Phi) is 7.43. The van der Waals surface area contributed by atoms with Gasteiger partial charge in [0.25, 0.3) is 10.0 Å². The van der Waals surface area contributed by atoms with Gasteiger partial charge in [0.05, 0.1) is 17.7 Å². The van der Waals surface area contributed by atoms with Crippen LogP contribution in [0.5, 0.6) is 5.75 Å². The van der Waals surface area contributed by atoms with Crippen molar-refractivity contribution in [2.24, 2.45) is 0 Å². The zero-order valence-electron chi connectivity index (χ0n) is 18.2. The number of aryl methyl sites for hydroxylation is 1. The molecule has 0 saturated carbocycles. The van der Waals surface area contributed by atoms with Crippen LogP contribution in [-0.4, -0.2) is 39.9 Å². The van der Waals surface area contributed by atoms with Crippen LogP contribution in [-0.2, 0) is 21.4 Å². The number of benzene rings is 3. The fourth-order valence-corrected chi connectivity index (χ4v) is 4.87. The van der Waals surface area contributed by atoms with E-state index in [4.69, 9.17) is 16.3 Å². The van der Waals surface area contributed by atoms with Crippen molar-refractivity contribution in [1.29, 1.82) is 0 Å². The molecule has 0 aromatic heterocycles. The molecule has 6 nitrogen and oxygen atoms in total. The molecule has 0 fully saturated rings. The minimum absolute atomic E-state index is 0.102. The van der Waals surface area contributed by atoms with Crippen molar-refractivity contribution in [2.75, 3.05) is 25.0 Å². The quantitative estimate of drug-likeness (QED) is 0.483. The molecule has 32 heavy (non-hydrogen) atoms. The number of methoxy groups -OCH3 is 1. The van der Waals surface area contributed by atoms with Crippen molar-refractivity contribution in [1.82, 2.24) is 4.90 Å². The Morgan fingerprint density at radius 3 is 2.28 bits per heavy atom. The minimum atomic E-state index is -3.99. The largest absolute Gasteiger partial charge is 0.497 e. The van der Waals surface area contributed by atoms with Gasteiger partial charge in [-0.15, -0.1) is 0 Å².